The lowest BCUT2D eigenvalue weighted by Crippen LogP contribution is -2.34. The Labute approximate surface area is 120 Å². The van der Waals surface area contributed by atoms with Crippen LogP contribution in [0.5, 0.6) is 0 Å². The summed E-state index contributed by atoms with van der Waals surface area (Å²) >= 11 is 0. The molecule has 19 heavy (non-hydrogen) atoms. The number of hydrogen-bond acceptors (Lipinski definition) is 3. The lowest BCUT2D eigenvalue weighted by Gasteiger charge is -2.21. The van der Waals surface area contributed by atoms with Gasteiger partial charge in [0.1, 0.15) is 0 Å². The number of nitrogens with zero attached hydrogens (tertiary/aromatic N) is 2. The summed E-state index contributed by atoms with van der Waals surface area (Å²) in [6.07, 6.45) is 6.66. The zero-order valence-electron chi connectivity index (χ0n) is 13.5. The third-order valence-electron chi connectivity index (χ3n) is 4.34. The summed E-state index contributed by atoms with van der Waals surface area (Å²) in [5.74, 6) is 0. The summed E-state index contributed by atoms with van der Waals surface area (Å²) in [7, 11) is 0. The Bertz CT molecular complexity index is 204. The first-order chi connectivity index (χ1) is 9.30. The van der Waals surface area contributed by atoms with E-state index in [1.807, 2.05) is 0 Å². The highest BCUT2D eigenvalue weighted by molar-refractivity contribution is 4.74. The first kappa shape index (κ1) is 16.9. The number of likely N-dealkylation sites (tertiary alicyclic amines) is 1. The van der Waals surface area contributed by atoms with E-state index in [1.165, 1.54) is 77.9 Å². The standard InChI is InChI=1S/C16H35N3/c1-4-12-19-13-7-9-16(10-15-19)17-11-8-14-18(5-2)6-3/h16-17H,4-15H2,1-3H3. The van der Waals surface area contributed by atoms with E-state index in [-0.39, 0.29) is 0 Å². The molecule has 0 aliphatic carbocycles. The van der Waals surface area contributed by atoms with Crippen LogP contribution in [0.15, 0.2) is 0 Å². The van der Waals surface area contributed by atoms with Crippen LogP contribution < -0.4 is 5.32 Å². The summed E-state index contributed by atoms with van der Waals surface area (Å²) in [4.78, 5) is 5.15. The Balaban J connectivity index is 2.09. The molecule has 0 aromatic rings. The first-order valence-electron chi connectivity index (χ1n) is 8.48. The second kappa shape index (κ2) is 10.6. The van der Waals surface area contributed by atoms with Gasteiger partial charge in [0.25, 0.3) is 0 Å². The Hall–Kier alpha value is -0.120. The van der Waals surface area contributed by atoms with Crippen LogP contribution in [-0.2, 0) is 0 Å². The molecule has 1 atom stereocenters. The second-order valence-corrected chi connectivity index (χ2v) is 5.80. The van der Waals surface area contributed by atoms with Crippen LogP contribution in [0.3, 0.4) is 0 Å². The summed E-state index contributed by atoms with van der Waals surface area (Å²) < 4.78 is 0. The monoisotopic (exact) mass is 269 g/mol. The summed E-state index contributed by atoms with van der Waals surface area (Å²) in [5.41, 5.74) is 0. The molecule has 1 unspecified atom stereocenters. The minimum absolute atomic E-state index is 0.763. The first-order valence-corrected chi connectivity index (χ1v) is 8.48. The van der Waals surface area contributed by atoms with Crippen molar-refractivity contribution in [3.63, 3.8) is 0 Å². The quantitative estimate of drug-likeness (QED) is 0.649. The fraction of sp³-hybridized carbons (Fsp3) is 1.00. The van der Waals surface area contributed by atoms with Crippen molar-refractivity contribution in [3.05, 3.63) is 0 Å². The Kier molecular flexibility index (Phi) is 9.48. The fourth-order valence-electron chi connectivity index (χ4n) is 3.05. The van der Waals surface area contributed by atoms with E-state index in [0.717, 1.165) is 6.04 Å². The van der Waals surface area contributed by atoms with Gasteiger partial charge in [0.05, 0.1) is 0 Å². The number of nitrogens with one attached hydrogen (secondary N) is 1. The molecule has 3 nitrogen and oxygen atoms in total. The Morgan fingerprint density at radius 2 is 1.89 bits per heavy atom. The lowest BCUT2D eigenvalue weighted by atomic mass is 10.1. The molecule has 0 bridgehead atoms. The van der Waals surface area contributed by atoms with E-state index in [0.29, 0.717) is 0 Å². The second-order valence-electron chi connectivity index (χ2n) is 5.80. The molecule has 1 aliphatic rings. The van der Waals surface area contributed by atoms with Gasteiger partial charge < -0.3 is 15.1 Å². The smallest absolute Gasteiger partial charge is 0.00797 e. The van der Waals surface area contributed by atoms with Crippen LogP contribution in [0.1, 0.15) is 52.9 Å². The maximum Gasteiger partial charge on any atom is 0.00797 e. The summed E-state index contributed by atoms with van der Waals surface area (Å²) in [6.45, 7) is 15.5. The van der Waals surface area contributed by atoms with Gasteiger partial charge in [-0.25, -0.2) is 0 Å². The van der Waals surface area contributed by atoms with Crippen molar-refractivity contribution in [2.75, 3.05) is 45.8 Å². The molecule has 1 fully saturated rings. The van der Waals surface area contributed by atoms with Gasteiger partial charge in [-0.05, 0) is 77.9 Å². The van der Waals surface area contributed by atoms with Crippen molar-refractivity contribution in [3.8, 4) is 0 Å². The minimum Gasteiger partial charge on any atom is -0.314 e. The molecule has 1 heterocycles. The summed E-state index contributed by atoms with van der Waals surface area (Å²) in [6, 6.07) is 0.763. The van der Waals surface area contributed by atoms with Crippen LogP contribution in [0, 0.1) is 0 Å². The molecule has 1 N–H and O–H groups in total. The Morgan fingerprint density at radius 1 is 1.11 bits per heavy atom. The molecule has 114 valence electrons. The average molecular weight is 269 g/mol. The van der Waals surface area contributed by atoms with Crippen molar-refractivity contribution < 1.29 is 0 Å². The minimum atomic E-state index is 0.763. The van der Waals surface area contributed by atoms with Gasteiger partial charge in [-0.1, -0.05) is 20.8 Å². The third kappa shape index (κ3) is 7.28. The summed E-state index contributed by atoms with van der Waals surface area (Å²) in [5, 5.41) is 3.77. The predicted molar refractivity (Wildman–Crippen MR) is 84.8 cm³/mol. The topological polar surface area (TPSA) is 18.5 Å². The molecule has 3 heteroatoms. The van der Waals surface area contributed by atoms with E-state index in [1.54, 1.807) is 0 Å². The van der Waals surface area contributed by atoms with Crippen molar-refractivity contribution in [1.82, 2.24) is 15.1 Å². The molecule has 1 aliphatic heterocycles. The maximum absolute atomic E-state index is 3.77. The Morgan fingerprint density at radius 3 is 2.58 bits per heavy atom. The average Bonchev–Trinajstić information content (AvgIpc) is 2.65. The van der Waals surface area contributed by atoms with E-state index in [2.05, 4.69) is 35.9 Å². The van der Waals surface area contributed by atoms with Gasteiger partial charge >= 0.3 is 0 Å². The SMILES string of the molecule is CCCN1CCCC(NCCCN(CC)CC)CC1. The van der Waals surface area contributed by atoms with Crippen LogP contribution in [0.25, 0.3) is 0 Å². The molecule has 1 saturated heterocycles. The molecular formula is C16H35N3. The van der Waals surface area contributed by atoms with E-state index in [4.69, 9.17) is 0 Å². The molecule has 0 spiro atoms. The van der Waals surface area contributed by atoms with Gasteiger partial charge in [0.15, 0.2) is 0 Å². The highest BCUT2D eigenvalue weighted by Crippen LogP contribution is 2.11. The van der Waals surface area contributed by atoms with Crippen LogP contribution in [0.4, 0.5) is 0 Å². The molecule has 0 aromatic heterocycles. The van der Waals surface area contributed by atoms with Crippen molar-refractivity contribution in [1.29, 1.82) is 0 Å². The highest BCUT2D eigenvalue weighted by Gasteiger charge is 2.15. The number of rotatable bonds is 9. The molecule has 0 radical (unpaired) electrons. The van der Waals surface area contributed by atoms with Gasteiger partial charge in [-0.3, -0.25) is 0 Å². The van der Waals surface area contributed by atoms with Crippen LogP contribution in [-0.4, -0.2) is 61.7 Å². The van der Waals surface area contributed by atoms with Crippen LogP contribution >= 0.6 is 0 Å². The molecule has 0 saturated carbocycles. The zero-order valence-corrected chi connectivity index (χ0v) is 13.5. The predicted octanol–water partition coefficient (Wildman–Crippen LogP) is 2.57. The highest BCUT2D eigenvalue weighted by atomic mass is 15.1. The normalized spacial score (nSPS) is 21.8. The van der Waals surface area contributed by atoms with Crippen molar-refractivity contribution in [2.45, 2.75) is 58.9 Å². The van der Waals surface area contributed by atoms with Crippen molar-refractivity contribution >= 4 is 0 Å². The van der Waals surface area contributed by atoms with Crippen molar-refractivity contribution in [2.24, 2.45) is 0 Å². The third-order valence-corrected chi connectivity index (χ3v) is 4.34. The van der Waals surface area contributed by atoms with Gasteiger partial charge in [0.2, 0.25) is 0 Å². The van der Waals surface area contributed by atoms with E-state index < -0.39 is 0 Å². The van der Waals surface area contributed by atoms with E-state index in [9.17, 15) is 0 Å². The van der Waals surface area contributed by atoms with Gasteiger partial charge in [0, 0.05) is 6.04 Å². The van der Waals surface area contributed by atoms with Gasteiger partial charge in [-0.2, -0.15) is 0 Å². The molecule has 0 amide bonds. The fourth-order valence-corrected chi connectivity index (χ4v) is 3.05. The van der Waals surface area contributed by atoms with Crippen LogP contribution in [0.2, 0.25) is 0 Å². The largest absolute Gasteiger partial charge is 0.314 e. The number of hydrogen-bond donors (Lipinski definition) is 1. The molecule has 1 rings (SSSR count). The lowest BCUT2D eigenvalue weighted by molar-refractivity contribution is 0.280. The maximum atomic E-state index is 3.77. The zero-order chi connectivity index (χ0) is 13.9. The molecule has 0 aromatic carbocycles. The molecular weight excluding hydrogens is 234 g/mol. The van der Waals surface area contributed by atoms with E-state index >= 15 is 0 Å². The van der Waals surface area contributed by atoms with Gasteiger partial charge in [-0.15, -0.1) is 0 Å².